The zero-order chi connectivity index (χ0) is 19.1. The highest BCUT2D eigenvalue weighted by molar-refractivity contribution is 6.33. The molecule has 0 atom stereocenters. The van der Waals surface area contributed by atoms with Gasteiger partial charge >= 0.3 is 0 Å². The number of benzene rings is 4. The van der Waals surface area contributed by atoms with E-state index in [0.29, 0.717) is 0 Å². The van der Waals surface area contributed by atoms with Crippen LogP contribution in [-0.2, 0) is 10.8 Å². The highest BCUT2D eigenvalue weighted by Gasteiger charge is 2.22. The first-order valence-electron chi connectivity index (χ1n) is 9.88. The summed E-state index contributed by atoms with van der Waals surface area (Å²) in [5.41, 5.74) is 4.30. The van der Waals surface area contributed by atoms with Crippen molar-refractivity contribution >= 4 is 43.2 Å². The molecule has 0 unspecified atom stereocenters. The molecule has 0 saturated carbocycles. The fourth-order valence-corrected chi connectivity index (χ4v) is 4.42. The Hall–Kier alpha value is -2.54. The summed E-state index contributed by atoms with van der Waals surface area (Å²) in [7, 11) is 0. The third-order valence-electron chi connectivity index (χ3n) is 6.07. The van der Waals surface area contributed by atoms with Gasteiger partial charge in [-0.3, -0.25) is 0 Å². The molecule has 136 valence electrons. The van der Waals surface area contributed by atoms with Crippen LogP contribution in [0.25, 0.3) is 43.2 Å². The number of aromatic amines is 1. The van der Waals surface area contributed by atoms with Gasteiger partial charge in [-0.15, -0.1) is 0 Å². The fourth-order valence-electron chi connectivity index (χ4n) is 4.42. The van der Waals surface area contributed by atoms with Crippen LogP contribution in [0.5, 0.6) is 0 Å². The van der Waals surface area contributed by atoms with Gasteiger partial charge in [0.2, 0.25) is 0 Å². The third-order valence-corrected chi connectivity index (χ3v) is 6.07. The Morgan fingerprint density at radius 2 is 1.11 bits per heavy atom. The standard InChI is InChI=1S/C26H27N/c1-25(2,3)17-11-15-7-8-16-12-18(26(4,5)6)14-21-23(16)22(15)20(13-17)19-9-10-27-24(19)21/h7-14,27H,1-6H3. The Balaban J connectivity index is 2.07. The van der Waals surface area contributed by atoms with Crippen molar-refractivity contribution in [2.45, 2.75) is 52.4 Å². The van der Waals surface area contributed by atoms with Crippen LogP contribution in [0.1, 0.15) is 52.7 Å². The first-order valence-corrected chi connectivity index (χ1v) is 9.88. The lowest BCUT2D eigenvalue weighted by atomic mass is 9.80. The van der Waals surface area contributed by atoms with Gasteiger partial charge in [0.25, 0.3) is 0 Å². The zero-order valence-electron chi connectivity index (χ0n) is 17.1. The zero-order valence-corrected chi connectivity index (χ0v) is 17.1. The molecule has 1 nitrogen and oxygen atoms in total. The Bertz CT molecular complexity index is 1220. The van der Waals surface area contributed by atoms with Crippen LogP contribution in [0, 0.1) is 0 Å². The van der Waals surface area contributed by atoms with Crippen molar-refractivity contribution in [2.75, 3.05) is 0 Å². The predicted molar refractivity (Wildman–Crippen MR) is 119 cm³/mol. The molecule has 0 saturated heterocycles. The lowest BCUT2D eigenvalue weighted by Crippen LogP contribution is -2.11. The first kappa shape index (κ1) is 16.6. The third kappa shape index (κ3) is 2.31. The van der Waals surface area contributed by atoms with E-state index in [4.69, 9.17) is 0 Å². The minimum absolute atomic E-state index is 0.128. The summed E-state index contributed by atoms with van der Waals surface area (Å²) in [5, 5.41) is 9.54. The summed E-state index contributed by atoms with van der Waals surface area (Å²) in [6, 6.07) is 16.4. The molecule has 0 aliphatic heterocycles. The Morgan fingerprint density at radius 3 is 1.67 bits per heavy atom. The van der Waals surface area contributed by atoms with Gasteiger partial charge in [0.15, 0.2) is 0 Å². The summed E-state index contributed by atoms with van der Waals surface area (Å²) in [4.78, 5) is 3.54. The van der Waals surface area contributed by atoms with Crippen molar-refractivity contribution in [3.8, 4) is 0 Å². The summed E-state index contributed by atoms with van der Waals surface area (Å²) in [6.07, 6.45) is 2.09. The van der Waals surface area contributed by atoms with Crippen molar-refractivity contribution in [3.63, 3.8) is 0 Å². The van der Waals surface area contributed by atoms with Gasteiger partial charge in [0.1, 0.15) is 0 Å². The summed E-state index contributed by atoms with van der Waals surface area (Å²) < 4.78 is 0. The molecule has 1 heteroatoms. The first-order chi connectivity index (χ1) is 12.6. The fraction of sp³-hybridized carbons (Fsp3) is 0.308. The van der Waals surface area contributed by atoms with E-state index in [-0.39, 0.29) is 10.8 Å². The quantitative estimate of drug-likeness (QED) is 0.275. The molecule has 0 spiro atoms. The van der Waals surface area contributed by atoms with Crippen molar-refractivity contribution in [2.24, 2.45) is 0 Å². The van der Waals surface area contributed by atoms with Gasteiger partial charge in [-0.1, -0.05) is 65.8 Å². The van der Waals surface area contributed by atoms with E-state index in [1.165, 1.54) is 54.3 Å². The van der Waals surface area contributed by atoms with Crippen LogP contribution in [0.3, 0.4) is 0 Å². The summed E-state index contributed by atoms with van der Waals surface area (Å²) in [5.74, 6) is 0. The minimum atomic E-state index is 0.128. The van der Waals surface area contributed by atoms with Crippen LogP contribution in [0.4, 0.5) is 0 Å². The second-order valence-corrected chi connectivity index (χ2v) is 10.1. The Morgan fingerprint density at radius 1 is 0.593 bits per heavy atom. The van der Waals surface area contributed by atoms with E-state index in [2.05, 4.69) is 95.2 Å². The number of hydrogen-bond donors (Lipinski definition) is 1. The maximum atomic E-state index is 3.54. The molecule has 5 rings (SSSR count). The molecule has 1 heterocycles. The van der Waals surface area contributed by atoms with Gasteiger partial charge in [-0.2, -0.15) is 0 Å². The number of aromatic nitrogens is 1. The highest BCUT2D eigenvalue weighted by Crippen LogP contribution is 2.43. The minimum Gasteiger partial charge on any atom is -0.361 e. The lowest BCUT2D eigenvalue weighted by Gasteiger charge is -2.24. The molecular weight excluding hydrogens is 326 g/mol. The Labute approximate surface area is 160 Å². The molecule has 4 aromatic carbocycles. The lowest BCUT2D eigenvalue weighted by molar-refractivity contribution is 0.591. The monoisotopic (exact) mass is 353 g/mol. The summed E-state index contributed by atoms with van der Waals surface area (Å²) in [6.45, 7) is 13.8. The number of hydrogen-bond acceptors (Lipinski definition) is 0. The van der Waals surface area contributed by atoms with E-state index in [1.807, 2.05) is 0 Å². The molecule has 0 radical (unpaired) electrons. The average molecular weight is 354 g/mol. The largest absolute Gasteiger partial charge is 0.361 e. The number of H-pyrrole nitrogens is 1. The van der Waals surface area contributed by atoms with E-state index < -0.39 is 0 Å². The van der Waals surface area contributed by atoms with Crippen LogP contribution in [0.2, 0.25) is 0 Å². The molecule has 0 amide bonds. The van der Waals surface area contributed by atoms with Crippen molar-refractivity contribution in [1.82, 2.24) is 4.98 Å². The molecule has 0 bridgehead atoms. The van der Waals surface area contributed by atoms with Gasteiger partial charge < -0.3 is 4.98 Å². The van der Waals surface area contributed by atoms with Crippen molar-refractivity contribution in [3.05, 3.63) is 59.8 Å². The molecular formula is C26H27N. The Kier molecular flexibility index (Phi) is 3.10. The molecule has 1 aromatic heterocycles. The van der Waals surface area contributed by atoms with E-state index in [0.717, 1.165) is 0 Å². The maximum absolute atomic E-state index is 3.54. The predicted octanol–water partition coefficient (Wildman–Crippen LogP) is 7.66. The van der Waals surface area contributed by atoms with Crippen molar-refractivity contribution < 1.29 is 0 Å². The van der Waals surface area contributed by atoms with Gasteiger partial charge in [-0.05, 0) is 67.1 Å². The highest BCUT2D eigenvalue weighted by atomic mass is 14.7. The van der Waals surface area contributed by atoms with Crippen LogP contribution < -0.4 is 0 Å². The van der Waals surface area contributed by atoms with E-state index in [1.54, 1.807) is 0 Å². The molecule has 1 N–H and O–H groups in total. The van der Waals surface area contributed by atoms with E-state index in [9.17, 15) is 0 Å². The average Bonchev–Trinajstić information content (AvgIpc) is 3.08. The second-order valence-electron chi connectivity index (χ2n) is 10.1. The topological polar surface area (TPSA) is 15.8 Å². The summed E-state index contributed by atoms with van der Waals surface area (Å²) >= 11 is 0. The molecule has 0 aliphatic rings. The SMILES string of the molecule is CC(C)(C)c1cc2ccc3cc(C(C)(C)C)cc4c5[nH]ccc5c(c1)c2c34. The maximum Gasteiger partial charge on any atom is 0.0540 e. The number of nitrogens with one attached hydrogen (secondary N) is 1. The van der Waals surface area contributed by atoms with Crippen LogP contribution in [0.15, 0.2) is 48.7 Å². The molecule has 27 heavy (non-hydrogen) atoms. The smallest absolute Gasteiger partial charge is 0.0540 e. The van der Waals surface area contributed by atoms with Gasteiger partial charge in [0, 0.05) is 17.0 Å². The number of rotatable bonds is 0. The molecule has 0 aliphatic carbocycles. The van der Waals surface area contributed by atoms with Gasteiger partial charge in [-0.25, -0.2) is 0 Å². The molecule has 5 aromatic rings. The second kappa shape index (κ2) is 5.04. The normalized spacial score (nSPS) is 13.6. The van der Waals surface area contributed by atoms with E-state index >= 15 is 0 Å². The van der Waals surface area contributed by atoms with Crippen molar-refractivity contribution in [1.29, 1.82) is 0 Å². The van der Waals surface area contributed by atoms with Gasteiger partial charge in [0.05, 0.1) is 5.52 Å². The number of fused-ring (bicyclic) bond motifs is 3. The van der Waals surface area contributed by atoms with Crippen LogP contribution in [-0.4, -0.2) is 4.98 Å². The molecule has 0 fully saturated rings. The van der Waals surface area contributed by atoms with Crippen LogP contribution >= 0.6 is 0 Å².